The molecule has 0 bridgehead atoms. The van der Waals surface area contributed by atoms with Crippen LogP contribution in [0, 0.1) is 18.8 Å². The molecule has 2 atom stereocenters. The lowest BCUT2D eigenvalue weighted by molar-refractivity contribution is -0.122. The lowest BCUT2D eigenvalue weighted by Gasteiger charge is -2.15. The fourth-order valence-corrected chi connectivity index (χ4v) is 3.85. The van der Waals surface area contributed by atoms with Crippen LogP contribution in [0.5, 0.6) is 0 Å². The Balaban J connectivity index is 1.35. The standard InChI is InChI=1S/C24H22N2O5/c1-15-6-10-17(11-7-15)25-21(27)14-31-24(30)16-8-12-18(13-9-16)26-22(28)19-4-2-3-5-20(19)23(26)29/h2-3,6-13,19-20H,4-5,14H2,1H3,(H,25,27)/t19-,20-/m0/s1. The van der Waals surface area contributed by atoms with Crippen LogP contribution in [0.25, 0.3) is 0 Å². The first-order valence-corrected chi connectivity index (χ1v) is 10.1. The van der Waals surface area contributed by atoms with E-state index in [1.165, 1.54) is 17.0 Å². The monoisotopic (exact) mass is 418 g/mol. The van der Waals surface area contributed by atoms with E-state index in [-0.39, 0.29) is 29.2 Å². The summed E-state index contributed by atoms with van der Waals surface area (Å²) in [5.74, 6) is -2.14. The highest BCUT2D eigenvalue weighted by atomic mass is 16.5. The summed E-state index contributed by atoms with van der Waals surface area (Å²) in [6, 6.07) is 13.3. The van der Waals surface area contributed by atoms with E-state index in [4.69, 9.17) is 4.74 Å². The second kappa shape index (κ2) is 8.55. The minimum absolute atomic E-state index is 0.206. The summed E-state index contributed by atoms with van der Waals surface area (Å²) in [6.07, 6.45) is 5.01. The highest BCUT2D eigenvalue weighted by molar-refractivity contribution is 6.22. The van der Waals surface area contributed by atoms with Gasteiger partial charge in [0.05, 0.1) is 23.1 Å². The van der Waals surface area contributed by atoms with Crippen molar-refractivity contribution in [2.75, 3.05) is 16.8 Å². The van der Waals surface area contributed by atoms with Crippen molar-refractivity contribution in [3.63, 3.8) is 0 Å². The molecule has 1 saturated heterocycles. The fraction of sp³-hybridized carbons (Fsp3) is 0.250. The number of rotatable bonds is 5. The molecule has 0 saturated carbocycles. The number of ether oxygens (including phenoxy) is 1. The molecule has 3 amide bonds. The molecule has 1 aliphatic carbocycles. The van der Waals surface area contributed by atoms with Crippen LogP contribution in [0.3, 0.4) is 0 Å². The van der Waals surface area contributed by atoms with Gasteiger partial charge in [-0.05, 0) is 56.2 Å². The number of carbonyl (C=O) groups excluding carboxylic acids is 4. The number of aryl methyl sites for hydroxylation is 1. The Hall–Kier alpha value is -3.74. The summed E-state index contributed by atoms with van der Waals surface area (Å²) in [7, 11) is 0. The molecule has 7 nitrogen and oxygen atoms in total. The van der Waals surface area contributed by atoms with Crippen LogP contribution in [0.1, 0.15) is 28.8 Å². The summed E-state index contributed by atoms with van der Waals surface area (Å²) in [6.45, 7) is 1.52. The first-order valence-electron chi connectivity index (χ1n) is 10.1. The van der Waals surface area contributed by atoms with Crippen molar-refractivity contribution in [1.29, 1.82) is 0 Å². The third-order valence-electron chi connectivity index (χ3n) is 5.54. The van der Waals surface area contributed by atoms with Gasteiger partial charge in [-0.25, -0.2) is 4.79 Å². The number of carbonyl (C=O) groups is 4. The number of fused-ring (bicyclic) bond motifs is 1. The van der Waals surface area contributed by atoms with Crippen molar-refractivity contribution in [2.45, 2.75) is 19.8 Å². The van der Waals surface area contributed by atoms with Crippen LogP contribution < -0.4 is 10.2 Å². The Labute approximate surface area is 179 Å². The number of allylic oxidation sites excluding steroid dienone is 2. The number of nitrogens with one attached hydrogen (secondary N) is 1. The van der Waals surface area contributed by atoms with Gasteiger partial charge in [0.25, 0.3) is 5.91 Å². The number of imide groups is 1. The molecular formula is C24H22N2O5. The molecular weight excluding hydrogens is 396 g/mol. The first kappa shape index (κ1) is 20.5. The molecule has 0 radical (unpaired) electrons. The normalized spacial score (nSPS) is 19.8. The molecule has 1 fully saturated rings. The molecule has 2 aromatic rings. The van der Waals surface area contributed by atoms with E-state index in [1.807, 2.05) is 31.2 Å². The Kier molecular flexibility index (Phi) is 5.66. The van der Waals surface area contributed by atoms with Gasteiger partial charge in [-0.1, -0.05) is 29.8 Å². The number of esters is 1. The van der Waals surface area contributed by atoms with Crippen LogP contribution in [0.4, 0.5) is 11.4 Å². The molecule has 4 rings (SSSR count). The number of amides is 3. The Morgan fingerprint density at radius 1 is 0.935 bits per heavy atom. The second-order valence-electron chi connectivity index (χ2n) is 7.70. The maximum atomic E-state index is 12.7. The van der Waals surface area contributed by atoms with Crippen LogP contribution in [0.15, 0.2) is 60.7 Å². The van der Waals surface area contributed by atoms with Gasteiger partial charge in [0.2, 0.25) is 11.8 Å². The average molecular weight is 418 g/mol. The van der Waals surface area contributed by atoms with Gasteiger partial charge in [0, 0.05) is 5.69 Å². The summed E-state index contributed by atoms with van der Waals surface area (Å²) < 4.78 is 5.06. The van der Waals surface area contributed by atoms with Gasteiger partial charge < -0.3 is 10.1 Å². The quantitative estimate of drug-likeness (QED) is 0.457. The van der Waals surface area contributed by atoms with E-state index in [0.717, 1.165) is 5.56 Å². The van der Waals surface area contributed by atoms with Crippen molar-refractivity contribution >= 4 is 35.1 Å². The van der Waals surface area contributed by atoms with Gasteiger partial charge >= 0.3 is 5.97 Å². The smallest absolute Gasteiger partial charge is 0.338 e. The highest BCUT2D eigenvalue weighted by Crippen LogP contribution is 2.37. The second-order valence-corrected chi connectivity index (χ2v) is 7.70. The predicted octanol–water partition coefficient (Wildman–Crippen LogP) is 3.25. The van der Waals surface area contributed by atoms with Crippen molar-refractivity contribution in [2.24, 2.45) is 11.8 Å². The molecule has 158 valence electrons. The van der Waals surface area contributed by atoms with Crippen LogP contribution >= 0.6 is 0 Å². The third kappa shape index (κ3) is 4.26. The number of hydrogen-bond acceptors (Lipinski definition) is 5. The average Bonchev–Trinajstić information content (AvgIpc) is 3.04. The molecule has 1 aliphatic heterocycles. The zero-order valence-electron chi connectivity index (χ0n) is 17.0. The molecule has 2 aromatic carbocycles. The number of benzene rings is 2. The molecule has 0 spiro atoms. The van der Waals surface area contributed by atoms with E-state index >= 15 is 0 Å². The maximum absolute atomic E-state index is 12.7. The van der Waals surface area contributed by atoms with E-state index < -0.39 is 18.5 Å². The summed E-state index contributed by atoms with van der Waals surface area (Å²) in [5, 5.41) is 2.65. The zero-order valence-corrected chi connectivity index (χ0v) is 17.0. The van der Waals surface area contributed by atoms with Crippen LogP contribution in [-0.2, 0) is 19.1 Å². The van der Waals surface area contributed by atoms with Crippen LogP contribution in [-0.4, -0.2) is 30.3 Å². The Bertz CT molecular complexity index is 1030. The SMILES string of the molecule is Cc1ccc(NC(=O)COC(=O)c2ccc(N3C(=O)[C@H]4CC=CC[C@@H]4C3=O)cc2)cc1. The first-order chi connectivity index (χ1) is 14.9. The minimum Gasteiger partial charge on any atom is -0.452 e. The lowest BCUT2D eigenvalue weighted by atomic mass is 9.85. The molecule has 0 unspecified atom stereocenters. The van der Waals surface area contributed by atoms with Crippen LogP contribution in [0.2, 0.25) is 0 Å². The Morgan fingerprint density at radius 2 is 1.52 bits per heavy atom. The zero-order chi connectivity index (χ0) is 22.0. The maximum Gasteiger partial charge on any atom is 0.338 e. The largest absolute Gasteiger partial charge is 0.452 e. The lowest BCUT2D eigenvalue weighted by Crippen LogP contribution is -2.30. The third-order valence-corrected chi connectivity index (χ3v) is 5.54. The molecule has 1 heterocycles. The number of nitrogens with zero attached hydrogens (tertiary/aromatic N) is 1. The number of anilines is 2. The topological polar surface area (TPSA) is 92.8 Å². The van der Waals surface area contributed by atoms with Gasteiger partial charge in [-0.3, -0.25) is 19.3 Å². The van der Waals surface area contributed by atoms with Gasteiger partial charge in [0.1, 0.15) is 0 Å². The highest BCUT2D eigenvalue weighted by Gasteiger charge is 2.47. The van der Waals surface area contributed by atoms with Gasteiger partial charge in [0.15, 0.2) is 6.61 Å². The van der Waals surface area contributed by atoms with E-state index in [9.17, 15) is 19.2 Å². The van der Waals surface area contributed by atoms with Gasteiger partial charge in [-0.2, -0.15) is 0 Å². The van der Waals surface area contributed by atoms with E-state index in [0.29, 0.717) is 24.2 Å². The molecule has 0 aromatic heterocycles. The molecule has 1 N–H and O–H groups in total. The predicted molar refractivity (Wildman–Crippen MR) is 114 cm³/mol. The van der Waals surface area contributed by atoms with Crippen molar-refractivity contribution in [3.05, 3.63) is 71.8 Å². The molecule has 2 aliphatic rings. The molecule has 31 heavy (non-hydrogen) atoms. The number of hydrogen-bond donors (Lipinski definition) is 1. The van der Waals surface area contributed by atoms with Gasteiger partial charge in [-0.15, -0.1) is 0 Å². The summed E-state index contributed by atoms with van der Waals surface area (Å²) >= 11 is 0. The Morgan fingerprint density at radius 3 is 2.10 bits per heavy atom. The molecule has 7 heteroatoms. The van der Waals surface area contributed by atoms with Crippen molar-refractivity contribution < 1.29 is 23.9 Å². The van der Waals surface area contributed by atoms with Crippen molar-refractivity contribution in [3.8, 4) is 0 Å². The summed E-state index contributed by atoms with van der Waals surface area (Å²) in [5.41, 5.74) is 2.34. The van der Waals surface area contributed by atoms with E-state index in [2.05, 4.69) is 5.32 Å². The van der Waals surface area contributed by atoms with Crippen molar-refractivity contribution in [1.82, 2.24) is 0 Å². The minimum atomic E-state index is -0.664. The fourth-order valence-electron chi connectivity index (χ4n) is 3.85. The van der Waals surface area contributed by atoms with E-state index in [1.54, 1.807) is 24.3 Å². The summed E-state index contributed by atoms with van der Waals surface area (Å²) in [4.78, 5) is 50.7.